The van der Waals surface area contributed by atoms with Crippen LogP contribution in [0.25, 0.3) is 5.69 Å². The van der Waals surface area contributed by atoms with Gasteiger partial charge in [-0.05, 0) is 19.1 Å². The minimum absolute atomic E-state index is 0.0386. The second-order valence-electron chi connectivity index (χ2n) is 4.71. The zero-order valence-electron chi connectivity index (χ0n) is 13.0. The first-order valence-corrected chi connectivity index (χ1v) is 8.85. The molecule has 23 heavy (non-hydrogen) atoms. The molecule has 0 aliphatic rings. The highest BCUT2D eigenvalue weighted by atomic mass is 35.5. The van der Waals surface area contributed by atoms with Crippen molar-refractivity contribution in [2.75, 3.05) is 23.0 Å². The first-order chi connectivity index (χ1) is 11.2. The molecule has 0 aromatic carbocycles. The highest BCUT2D eigenvalue weighted by Crippen LogP contribution is 2.26. The summed E-state index contributed by atoms with van der Waals surface area (Å²) in [6.45, 7) is 6.14. The van der Waals surface area contributed by atoms with Gasteiger partial charge in [0.15, 0.2) is 5.15 Å². The van der Waals surface area contributed by atoms with E-state index in [4.69, 9.17) is 11.6 Å². The average molecular weight is 351 g/mol. The Balaban J connectivity index is 2.13. The van der Waals surface area contributed by atoms with Crippen molar-refractivity contribution in [3.63, 3.8) is 0 Å². The minimum atomic E-state index is 0.0386. The van der Waals surface area contributed by atoms with Crippen LogP contribution < -0.4 is 4.90 Å². The van der Waals surface area contributed by atoms with E-state index in [-0.39, 0.29) is 5.91 Å². The Morgan fingerprint density at radius 1 is 1.57 bits per heavy atom. The summed E-state index contributed by atoms with van der Waals surface area (Å²) < 4.78 is 1.63. The lowest BCUT2D eigenvalue weighted by molar-refractivity contribution is -0.118. The van der Waals surface area contributed by atoms with E-state index in [1.165, 1.54) is 0 Å². The molecule has 2 heterocycles. The van der Waals surface area contributed by atoms with Crippen molar-refractivity contribution in [2.45, 2.75) is 13.3 Å². The van der Waals surface area contributed by atoms with E-state index in [1.807, 2.05) is 25.1 Å². The fourth-order valence-corrected chi connectivity index (χ4v) is 2.97. The minimum Gasteiger partial charge on any atom is -0.308 e. The lowest BCUT2D eigenvalue weighted by Gasteiger charge is -2.19. The fourth-order valence-electron chi connectivity index (χ4n) is 2.09. The number of anilines is 1. The highest BCUT2D eigenvalue weighted by molar-refractivity contribution is 7.99. The first kappa shape index (κ1) is 17.6. The molecule has 0 spiro atoms. The van der Waals surface area contributed by atoms with Crippen LogP contribution in [0.1, 0.15) is 13.3 Å². The maximum atomic E-state index is 12.4. The van der Waals surface area contributed by atoms with Crippen molar-refractivity contribution in [2.24, 2.45) is 0 Å². The molecule has 2 aromatic rings. The molecule has 0 radical (unpaired) electrons. The zero-order valence-corrected chi connectivity index (χ0v) is 14.6. The summed E-state index contributed by atoms with van der Waals surface area (Å²) in [5.41, 5.74) is 1.42. The standard InChI is InChI=1S/C16H19ClN4OS/c1-3-9-23-10-7-15(22)20(4-2)14-12-21(19-16(14)17)13-6-5-8-18-11-13/h3,5-6,8,11-12H,1,4,7,9-10H2,2H3. The Morgan fingerprint density at radius 3 is 3.04 bits per heavy atom. The van der Waals surface area contributed by atoms with Gasteiger partial charge in [-0.2, -0.15) is 16.9 Å². The molecule has 1 amide bonds. The molecule has 2 rings (SSSR count). The van der Waals surface area contributed by atoms with Crippen LogP contribution in [-0.4, -0.2) is 38.7 Å². The van der Waals surface area contributed by atoms with Crippen LogP contribution in [0, 0.1) is 0 Å². The summed E-state index contributed by atoms with van der Waals surface area (Å²) >= 11 is 7.91. The number of thioether (sulfide) groups is 1. The fraction of sp³-hybridized carbons (Fsp3) is 0.312. The van der Waals surface area contributed by atoms with Gasteiger partial charge in [-0.15, -0.1) is 6.58 Å². The van der Waals surface area contributed by atoms with E-state index in [0.29, 0.717) is 23.8 Å². The summed E-state index contributed by atoms with van der Waals surface area (Å²) in [5, 5.41) is 4.58. The predicted molar refractivity (Wildman–Crippen MR) is 96.5 cm³/mol. The summed E-state index contributed by atoms with van der Waals surface area (Å²) in [6, 6.07) is 3.70. The van der Waals surface area contributed by atoms with Crippen LogP contribution in [0.2, 0.25) is 5.15 Å². The molecule has 0 fully saturated rings. The number of hydrogen-bond donors (Lipinski definition) is 0. The van der Waals surface area contributed by atoms with E-state index in [1.54, 1.807) is 39.9 Å². The van der Waals surface area contributed by atoms with Gasteiger partial charge in [-0.3, -0.25) is 9.78 Å². The van der Waals surface area contributed by atoms with Crippen molar-refractivity contribution in [1.82, 2.24) is 14.8 Å². The van der Waals surface area contributed by atoms with Gasteiger partial charge in [-0.25, -0.2) is 4.68 Å². The van der Waals surface area contributed by atoms with Crippen LogP contribution >= 0.6 is 23.4 Å². The number of nitrogens with zero attached hydrogens (tertiary/aromatic N) is 4. The number of rotatable bonds is 8. The van der Waals surface area contributed by atoms with Crippen molar-refractivity contribution < 1.29 is 4.79 Å². The van der Waals surface area contributed by atoms with Gasteiger partial charge in [0.25, 0.3) is 0 Å². The molecule has 122 valence electrons. The largest absolute Gasteiger partial charge is 0.308 e. The van der Waals surface area contributed by atoms with E-state index in [0.717, 1.165) is 17.2 Å². The van der Waals surface area contributed by atoms with Crippen molar-refractivity contribution >= 4 is 35.0 Å². The van der Waals surface area contributed by atoms with Crippen LogP contribution in [0.5, 0.6) is 0 Å². The molecule has 0 unspecified atom stereocenters. The summed E-state index contributed by atoms with van der Waals surface area (Å²) in [6.07, 6.45) is 7.44. The molecule has 7 heteroatoms. The molecule has 0 atom stereocenters. The number of amides is 1. The Kier molecular flexibility index (Phi) is 6.67. The van der Waals surface area contributed by atoms with Crippen LogP contribution in [0.15, 0.2) is 43.4 Å². The second kappa shape index (κ2) is 8.74. The third-order valence-corrected chi connectivity index (χ3v) is 4.40. The van der Waals surface area contributed by atoms with Gasteiger partial charge in [0.05, 0.1) is 18.1 Å². The number of halogens is 1. The predicted octanol–water partition coefficient (Wildman–Crippen LogP) is 3.58. The van der Waals surface area contributed by atoms with Gasteiger partial charge in [0.2, 0.25) is 5.91 Å². The van der Waals surface area contributed by atoms with Gasteiger partial charge in [-0.1, -0.05) is 17.7 Å². The maximum Gasteiger partial charge on any atom is 0.227 e. The normalized spacial score (nSPS) is 10.5. The third kappa shape index (κ3) is 4.59. The lowest BCUT2D eigenvalue weighted by Crippen LogP contribution is -2.30. The van der Waals surface area contributed by atoms with E-state index < -0.39 is 0 Å². The maximum absolute atomic E-state index is 12.4. The van der Waals surface area contributed by atoms with E-state index >= 15 is 0 Å². The molecule has 0 aliphatic carbocycles. The number of carbonyl (C=O) groups excluding carboxylic acids is 1. The van der Waals surface area contributed by atoms with Gasteiger partial charge < -0.3 is 4.90 Å². The van der Waals surface area contributed by atoms with Crippen LogP contribution in [0.4, 0.5) is 5.69 Å². The molecule has 0 aliphatic heterocycles. The molecular formula is C16H19ClN4OS. The quantitative estimate of drug-likeness (QED) is 0.539. The van der Waals surface area contributed by atoms with Crippen molar-refractivity contribution in [3.05, 3.63) is 48.5 Å². The number of hydrogen-bond acceptors (Lipinski definition) is 4. The molecule has 0 bridgehead atoms. The topological polar surface area (TPSA) is 51.0 Å². The Bertz CT molecular complexity index is 659. The van der Waals surface area contributed by atoms with Crippen molar-refractivity contribution in [3.8, 4) is 5.69 Å². The molecule has 0 saturated heterocycles. The van der Waals surface area contributed by atoms with Gasteiger partial charge in [0.1, 0.15) is 5.69 Å². The summed E-state index contributed by atoms with van der Waals surface area (Å²) in [7, 11) is 0. The molecule has 0 N–H and O–H groups in total. The highest BCUT2D eigenvalue weighted by Gasteiger charge is 2.19. The molecule has 0 saturated carbocycles. The molecule has 5 nitrogen and oxygen atoms in total. The number of carbonyl (C=O) groups is 1. The summed E-state index contributed by atoms with van der Waals surface area (Å²) in [4.78, 5) is 18.1. The SMILES string of the molecule is C=CCSCCC(=O)N(CC)c1cn(-c2cccnc2)nc1Cl. The Morgan fingerprint density at radius 2 is 2.39 bits per heavy atom. The molecule has 2 aromatic heterocycles. The third-order valence-electron chi connectivity index (χ3n) is 3.17. The van der Waals surface area contributed by atoms with Crippen LogP contribution in [0.3, 0.4) is 0 Å². The van der Waals surface area contributed by atoms with Crippen LogP contribution in [-0.2, 0) is 4.79 Å². The van der Waals surface area contributed by atoms with E-state index in [2.05, 4.69) is 16.7 Å². The van der Waals surface area contributed by atoms with Gasteiger partial charge >= 0.3 is 0 Å². The van der Waals surface area contributed by atoms with E-state index in [9.17, 15) is 4.79 Å². The Labute approximate surface area is 145 Å². The lowest BCUT2D eigenvalue weighted by atomic mass is 10.3. The Hall–Kier alpha value is -1.79. The number of aromatic nitrogens is 3. The van der Waals surface area contributed by atoms with Crippen molar-refractivity contribution in [1.29, 1.82) is 0 Å². The zero-order chi connectivity index (χ0) is 16.7. The second-order valence-corrected chi connectivity index (χ2v) is 6.22. The van der Waals surface area contributed by atoms with Gasteiger partial charge in [0, 0.05) is 30.7 Å². The average Bonchev–Trinajstić information content (AvgIpc) is 2.95. The first-order valence-electron chi connectivity index (χ1n) is 7.32. The monoisotopic (exact) mass is 350 g/mol. The summed E-state index contributed by atoms with van der Waals surface area (Å²) in [5.74, 6) is 1.64. The smallest absolute Gasteiger partial charge is 0.227 e. The molecular weight excluding hydrogens is 332 g/mol. The number of pyridine rings is 1.